The number of hydrogen-bond acceptors (Lipinski definition) is 6. The van der Waals surface area contributed by atoms with Crippen LogP contribution in [0.1, 0.15) is 32.1 Å². The number of methoxy groups -OCH3 is 1. The van der Waals surface area contributed by atoms with E-state index in [1.165, 1.54) is 31.4 Å². The zero-order valence-electron chi connectivity index (χ0n) is 18.9. The van der Waals surface area contributed by atoms with Gasteiger partial charge in [-0.15, -0.1) is 0 Å². The van der Waals surface area contributed by atoms with Crippen LogP contribution < -0.4 is 5.32 Å². The molecule has 1 aliphatic rings. The zero-order chi connectivity index (χ0) is 23.4. The lowest BCUT2D eigenvalue weighted by Crippen LogP contribution is -2.22. The molecule has 33 heavy (non-hydrogen) atoms. The van der Waals surface area contributed by atoms with Gasteiger partial charge in [-0.3, -0.25) is 0 Å². The van der Waals surface area contributed by atoms with Crippen molar-refractivity contribution >= 4 is 15.7 Å². The second kappa shape index (κ2) is 10.0. The molecular weight excluding hydrogens is 443 g/mol. The Morgan fingerprint density at radius 1 is 1.12 bits per heavy atom. The fourth-order valence-corrected chi connectivity index (χ4v) is 5.16. The van der Waals surface area contributed by atoms with E-state index in [0.29, 0.717) is 36.1 Å². The lowest BCUT2D eigenvalue weighted by molar-refractivity contribution is 0.185. The molecule has 0 radical (unpaired) electrons. The SMILES string of the molecule is COCCn1c(S(C)(=O)=O)nc(-c2ccc(F)cc2)c1-c1ccnc(NC2CCCCC2)c1. The Bertz CT molecular complexity index is 1200. The molecule has 4 rings (SSSR count). The Morgan fingerprint density at radius 2 is 1.85 bits per heavy atom. The number of hydrogen-bond donors (Lipinski definition) is 1. The third-order valence-electron chi connectivity index (χ3n) is 5.89. The Hall–Kier alpha value is -2.78. The molecule has 0 atom stereocenters. The molecule has 2 aromatic heterocycles. The highest BCUT2D eigenvalue weighted by Crippen LogP contribution is 2.35. The maximum Gasteiger partial charge on any atom is 0.228 e. The van der Waals surface area contributed by atoms with Gasteiger partial charge in [0.05, 0.1) is 18.0 Å². The van der Waals surface area contributed by atoms with Crippen LogP contribution in [-0.2, 0) is 21.1 Å². The number of aromatic nitrogens is 3. The van der Waals surface area contributed by atoms with Crippen molar-refractivity contribution in [2.24, 2.45) is 0 Å². The van der Waals surface area contributed by atoms with Crippen LogP contribution in [-0.4, -0.2) is 49.0 Å². The van der Waals surface area contributed by atoms with Gasteiger partial charge in [-0.2, -0.15) is 0 Å². The minimum atomic E-state index is -3.63. The first-order valence-corrected chi connectivity index (χ1v) is 13.0. The topological polar surface area (TPSA) is 86.1 Å². The predicted molar refractivity (Wildman–Crippen MR) is 126 cm³/mol. The van der Waals surface area contributed by atoms with Crippen molar-refractivity contribution in [3.05, 3.63) is 48.4 Å². The Morgan fingerprint density at radius 3 is 2.52 bits per heavy atom. The van der Waals surface area contributed by atoms with E-state index in [1.54, 1.807) is 30.0 Å². The van der Waals surface area contributed by atoms with Crippen molar-refractivity contribution in [3.8, 4) is 22.5 Å². The number of pyridine rings is 1. The average molecular weight is 473 g/mol. The molecule has 1 fully saturated rings. The van der Waals surface area contributed by atoms with Crippen molar-refractivity contribution in [3.63, 3.8) is 0 Å². The van der Waals surface area contributed by atoms with Crippen LogP contribution in [0, 0.1) is 5.82 Å². The quantitative estimate of drug-likeness (QED) is 0.518. The predicted octanol–water partition coefficient (Wildman–Crippen LogP) is 4.55. The highest BCUT2D eigenvalue weighted by Gasteiger charge is 2.26. The normalized spacial score (nSPS) is 15.0. The smallest absolute Gasteiger partial charge is 0.228 e. The molecule has 176 valence electrons. The summed E-state index contributed by atoms with van der Waals surface area (Å²) in [6.07, 6.45) is 8.73. The van der Waals surface area contributed by atoms with Gasteiger partial charge >= 0.3 is 0 Å². The minimum absolute atomic E-state index is 0.0486. The molecule has 0 amide bonds. The number of nitrogens with one attached hydrogen (secondary N) is 1. The Kier molecular flexibility index (Phi) is 7.09. The standard InChI is InChI=1S/C24H29FN4O3S/c1-32-15-14-29-23(18-12-13-26-21(16-18)27-20-6-4-3-5-7-20)22(28-24(29)33(2,30)31)17-8-10-19(25)11-9-17/h8-13,16,20H,3-7,14-15H2,1-2H3,(H,26,27). The average Bonchev–Trinajstić information content (AvgIpc) is 3.19. The summed E-state index contributed by atoms with van der Waals surface area (Å²) >= 11 is 0. The lowest BCUT2D eigenvalue weighted by Gasteiger charge is -2.23. The van der Waals surface area contributed by atoms with Gasteiger partial charge in [0.25, 0.3) is 0 Å². The van der Waals surface area contributed by atoms with Crippen LogP contribution in [0.4, 0.5) is 10.2 Å². The van der Waals surface area contributed by atoms with E-state index in [0.717, 1.165) is 30.5 Å². The first kappa shape index (κ1) is 23.4. The van der Waals surface area contributed by atoms with Gasteiger partial charge < -0.3 is 14.6 Å². The molecule has 9 heteroatoms. The summed E-state index contributed by atoms with van der Waals surface area (Å²) in [5.74, 6) is 0.371. The second-order valence-corrected chi connectivity index (χ2v) is 10.3. The largest absolute Gasteiger partial charge is 0.383 e. The third-order valence-corrected chi connectivity index (χ3v) is 6.87. The molecule has 7 nitrogen and oxygen atoms in total. The summed E-state index contributed by atoms with van der Waals surface area (Å²) in [4.78, 5) is 9.00. The summed E-state index contributed by atoms with van der Waals surface area (Å²) in [6, 6.07) is 10.0. The maximum absolute atomic E-state index is 13.6. The molecule has 1 N–H and O–H groups in total. The van der Waals surface area contributed by atoms with Crippen LogP contribution in [0.15, 0.2) is 47.8 Å². The molecule has 1 aromatic carbocycles. The molecule has 0 saturated heterocycles. The summed E-state index contributed by atoms with van der Waals surface area (Å²) in [5.41, 5.74) is 2.52. The third kappa shape index (κ3) is 5.42. The number of nitrogens with zero attached hydrogens (tertiary/aromatic N) is 3. The first-order chi connectivity index (χ1) is 15.9. The van der Waals surface area contributed by atoms with Gasteiger partial charge in [-0.1, -0.05) is 19.3 Å². The highest BCUT2D eigenvalue weighted by molar-refractivity contribution is 7.90. The fourth-order valence-electron chi connectivity index (χ4n) is 4.32. The van der Waals surface area contributed by atoms with Gasteiger partial charge in [-0.05, 0) is 49.2 Å². The van der Waals surface area contributed by atoms with Crippen LogP contribution in [0.3, 0.4) is 0 Å². The molecule has 0 aliphatic heterocycles. The van der Waals surface area contributed by atoms with Crippen molar-refractivity contribution in [1.29, 1.82) is 0 Å². The van der Waals surface area contributed by atoms with E-state index >= 15 is 0 Å². The molecule has 2 heterocycles. The molecule has 1 aliphatic carbocycles. The summed E-state index contributed by atoms with van der Waals surface area (Å²) in [7, 11) is -2.07. The number of imidazole rings is 1. The van der Waals surface area contributed by atoms with Gasteiger partial charge in [0.15, 0.2) is 0 Å². The zero-order valence-corrected chi connectivity index (χ0v) is 19.7. The van der Waals surface area contributed by atoms with E-state index in [9.17, 15) is 12.8 Å². The number of rotatable bonds is 8. The molecular formula is C24H29FN4O3S. The lowest BCUT2D eigenvalue weighted by atomic mass is 9.95. The highest BCUT2D eigenvalue weighted by atomic mass is 32.2. The van der Waals surface area contributed by atoms with Crippen LogP contribution in [0.5, 0.6) is 0 Å². The van der Waals surface area contributed by atoms with Crippen molar-refractivity contribution in [2.45, 2.75) is 49.8 Å². The number of halogens is 1. The van der Waals surface area contributed by atoms with Crippen molar-refractivity contribution in [1.82, 2.24) is 14.5 Å². The van der Waals surface area contributed by atoms with E-state index in [4.69, 9.17) is 4.74 Å². The van der Waals surface area contributed by atoms with Crippen LogP contribution >= 0.6 is 0 Å². The van der Waals surface area contributed by atoms with E-state index in [1.807, 2.05) is 12.1 Å². The van der Waals surface area contributed by atoms with Gasteiger partial charge in [0.1, 0.15) is 11.6 Å². The summed E-state index contributed by atoms with van der Waals surface area (Å²) < 4.78 is 45.7. The molecule has 0 spiro atoms. The monoisotopic (exact) mass is 472 g/mol. The molecule has 1 saturated carbocycles. The fraction of sp³-hybridized carbons (Fsp3) is 0.417. The number of sulfone groups is 1. The summed E-state index contributed by atoms with van der Waals surface area (Å²) in [5, 5.41) is 3.48. The number of ether oxygens (including phenoxy) is 1. The Balaban J connectivity index is 1.85. The molecule has 0 bridgehead atoms. The molecule has 3 aromatic rings. The second-order valence-electron chi connectivity index (χ2n) is 8.42. The summed E-state index contributed by atoms with van der Waals surface area (Å²) in [6.45, 7) is 0.614. The first-order valence-electron chi connectivity index (χ1n) is 11.1. The van der Waals surface area contributed by atoms with Gasteiger partial charge in [-0.25, -0.2) is 22.8 Å². The number of anilines is 1. The van der Waals surface area contributed by atoms with Gasteiger partial charge in [0.2, 0.25) is 15.0 Å². The van der Waals surface area contributed by atoms with Gasteiger partial charge in [0, 0.05) is 43.3 Å². The Labute approximate surface area is 194 Å². The maximum atomic E-state index is 13.6. The number of benzene rings is 1. The van der Waals surface area contributed by atoms with Crippen LogP contribution in [0.2, 0.25) is 0 Å². The molecule has 0 unspecified atom stereocenters. The van der Waals surface area contributed by atoms with E-state index < -0.39 is 9.84 Å². The van der Waals surface area contributed by atoms with Crippen molar-refractivity contribution in [2.75, 3.05) is 25.3 Å². The van der Waals surface area contributed by atoms with E-state index in [2.05, 4.69) is 15.3 Å². The van der Waals surface area contributed by atoms with Crippen molar-refractivity contribution < 1.29 is 17.5 Å². The van der Waals surface area contributed by atoms with Crippen LogP contribution in [0.25, 0.3) is 22.5 Å². The van der Waals surface area contributed by atoms with E-state index in [-0.39, 0.29) is 11.0 Å². The minimum Gasteiger partial charge on any atom is -0.383 e.